The monoisotopic (exact) mass is 394 g/mol. The fourth-order valence-electron chi connectivity index (χ4n) is 3.08. The average molecular weight is 394 g/mol. The molecule has 1 heterocycles. The number of para-hydroxylation sites is 1. The third kappa shape index (κ3) is 4.63. The molecule has 3 aromatic rings. The second-order valence-electron chi connectivity index (χ2n) is 6.81. The van der Waals surface area contributed by atoms with Gasteiger partial charge in [0.15, 0.2) is 5.76 Å². The van der Waals surface area contributed by atoms with Gasteiger partial charge in [0.05, 0.1) is 0 Å². The van der Waals surface area contributed by atoms with Crippen molar-refractivity contribution in [3.8, 4) is 5.75 Å². The maximum atomic E-state index is 13.0. The van der Waals surface area contributed by atoms with Gasteiger partial charge in [0.2, 0.25) is 5.91 Å². The summed E-state index contributed by atoms with van der Waals surface area (Å²) in [6.07, 6.45) is 0.662. The number of hydrogen-bond acceptors (Lipinski definition) is 4. The lowest BCUT2D eigenvalue weighted by molar-refractivity contribution is -0.123. The van der Waals surface area contributed by atoms with Crippen LogP contribution in [0.4, 0.5) is 4.39 Å². The molecular weight excluding hydrogens is 375 g/mol. The first-order chi connectivity index (χ1) is 14.1. The molecule has 1 saturated carbocycles. The number of rotatable bonds is 6. The Morgan fingerprint density at radius 2 is 1.76 bits per heavy atom. The molecular formula is C22H19FN2O4. The van der Waals surface area contributed by atoms with Gasteiger partial charge in [-0.05, 0) is 54.3 Å². The molecule has 0 bridgehead atoms. The number of benzene rings is 2. The lowest BCUT2D eigenvalue weighted by Crippen LogP contribution is -2.42. The Morgan fingerprint density at radius 1 is 1.00 bits per heavy atom. The number of furan rings is 1. The molecule has 1 aliphatic carbocycles. The van der Waals surface area contributed by atoms with Gasteiger partial charge in [0.25, 0.3) is 0 Å². The minimum Gasteiger partial charge on any atom is -0.486 e. The normalized spacial score (nSPS) is 17.4. The van der Waals surface area contributed by atoms with Crippen LogP contribution in [0, 0.1) is 11.7 Å². The van der Waals surface area contributed by atoms with E-state index in [0.717, 1.165) is 5.56 Å². The summed E-state index contributed by atoms with van der Waals surface area (Å²) < 4.78 is 24.0. The zero-order chi connectivity index (χ0) is 20.2. The second-order valence-corrected chi connectivity index (χ2v) is 6.81. The summed E-state index contributed by atoms with van der Waals surface area (Å²) in [5.74, 6) is -0.0936. The number of ether oxygens (including phenoxy) is 1. The van der Waals surface area contributed by atoms with Crippen LogP contribution in [0.1, 0.15) is 34.2 Å². The number of nitrogens with one attached hydrogen (secondary N) is 2. The summed E-state index contributed by atoms with van der Waals surface area (Å²) in [6, 6.07) is 18.5. The standard InChI is InChI=1S/C22H19FN2O4/c23-15-8-6-14(7-9-15)18-12-19(18)21(26)24-25-22(27)20-11-10-17(29-20)13-28-16-4-2-1-3-5-16/h1-11,18-19H,12-13H2,(H,24,26)(H,25,27). The van der Waals surface area contributed by atoms with E-state index in [-0.39, 0.29) is 35.9 Å². The van der Waals surface area contributed by atoms with Crippen molar-refractivity contribution in [2.24, 2.45) is 5.92 Å². The van der Waals surface area contributed by atoms with Gasteiger partial charge in [-0.25, -0.2) is 4.39 Å². The smallest absolute Gasteiger partial charge is 0.305 e. The SMILES string of the molecule is O=C(NNC(=O)C1CC1c1ccc(F)cc1)c1ccc(COc2ccccc2)o1. The van der Waals surface area contributed by atoms with Gasteiger partial charge >= 0.3 is 5.91 Å². The van der Waals surface area contributed by atoms with E-state index >= 15 is 0 Å². The molecule has 1 aliphatic rings. The number of carbonyl (C=O) groups excluding carboxylic acids is 2. The van der Waals surface area contributed by atoms with Crippen LogP contribution >= 0.6 is 0 Å². The van der Waals surface area contributed by atoms with E-state index in [1.165, 1.54) is 18.2 Å². The van der Waals surface area contributed by atoms with E-state index < -0.39 is 5.91 Å². The summed E-state index contributed by atoms with van der Waals surface area (Å²) in [7, 11) is 0. The number of amides is 2. The second kappa shape index (κ2) is 8.18. The quantitative estimate of drug-likeness (QED) is 0.627. The van der Waals surface area contributed by atoms with Gasteiger partial charge in [0.1, 0.15) is 23.9 Å². The molecule has 0 aliphatic heterocycles. The molecule has 29 heavy (non-hydrogen) atoms. The van der Waals surface area contributed by atoms with Gasteiger partial charge in [0, 0.05) is 5.92 Å². The summed E-state index contributed by atoms with van der Waals surface area (Å²) in [5.41, 5.74) is 5.68. The maximum Gasteiger partial charge on any atom is 0.305 e. The van der Waals surface area contributed by atoms with Gasteiger partial charge < -0.3 is 9.15 Å². The van der Waals surface area contributed by atoms with Gasteiger partial charge in [-0.15, -0.1) is 0 Å². The zero-order valence-electron chi connectivity index (χ0n) is 15.4. The Hall–Kier alpha value is -3.61. The van der Waals surface area contributed by atoms with E-state index in [0.29, 0.717) is 17.9 Å². The molecule has 2 amide bonds. The third-order valence-electron chi connectivity index (χ3n) is 4.73. The number of halogens is 1. The minimum absolute atomic E-state index is 0.0397. The van der Waals surface area contributed by atoms with Crippen molar-refractivity contribution >= 4 is 11.8 Å². The molecule has 4 rings (SSSR count). The first-order valence-electron chi connectivity index (χ1n) is 9.22. The predicted octanol–water partition coefficient (Wildman–Crippen LogP) is 3.56. The zero-order valence-corrected chi connectivity index (χ0v) is 15.4. The first-order valence-corrected chi connectivity index (χ1v) is 9.22. The highest BCUT2D eigenvalue weighted by Crippen LogP contribution is 2.47. The third-order valence-corrected chi connectivity index (χ3v) is 4.73. The number of carbonyl (C=O) groups is 2. The minimum atomic E-state index is -0.553. The van der Waals surface area contributed by atoms with E-state index in [4.69, 9.17) is 9.15 Å². The Balaban J connectivity index is 1.24. The summed E-state index contributed by atoms with van der Waals surface area (Å²) in [4.78, 5) is 24.4. The molecule has 2 N–H and O–H groups in total. The van der Waals surface area contributed by atoms with Gasteiger partial charge in [-0.2, -0.15) is 0 Å². The van der Waals surface area contributed by atoms with Gasteiger partial charge in [-0.3, -0.25) is 20.4 Å². The van der Waals surface area contributed by atoms with E-state index in [1.807, 2.05) is 30.3 Å². The van der Waals surface area contributed by atoms with Crippen molar-refractivity contribution in [3.05, 3.63) is 89.6 Å². The Bertz CT molecular complexity index is 1000. The lowest BCUT2D eigenvalue weighted by Gasteiger charge is -2.06. The molecule has 1 fully saturated rings. The van der Waals surface area contributed by atoms with Crippen molar-refractivity contribution in [3.63, 3.8) is 0 Å². The van der Waals surface area contributed by atoms with Crippen LogP contribution < -0.4 is 15.6 Å². The molecule has 0 radical (unpaired) electrons. The van der Waals surface area contributed by atoms with Crippen molar-refractivity contribution in [1.29, 1.82) is 0 Å². The molecule has 1 aromatic heterocycles. The molecule has 6 nitrogen and oxygen atoms in total. The average Bonchev–Trinajstić information content (AvgIpc) is 3.40. The van der Waals surface area contributed by atoms with Crippen molar-refractivity contribution < 1.29 is 23.1 Å². The molecule has 2 unspecified atom stereocenters. The highest BCUT2D eigenvalue weighted by atomic mass is 19.1. The van der Waals surface area contributed by atoms with E-state index in [1.54, 1.807) is 18.2 Å². The molecule has 2 atom stereocenters. The Labute approximate surface area is 166 Å². The Morgan fingerprint density at radius 3 is 2.52 bits per heavy atom. The maximum absolute atomic E-state index is 13.0. The summed E-state index contributed by atoms with van der Waals surface area (Å²) in [6.45, 7) is 0.186. The molecule has 7 heteroatoms. The van der Waals surface area contributed by atoms with Crippen LogP contribution in [-0.2, 0) is 11.4 Å². The molecule has 0 saturated heterocycles. The Kier molecular flexibility index (Phi) is 5.29. The van der Waals surface area contributed by atoms with Crippen LogP contribution in [0.3, 0.4) is 0 Å². The fraction of sp³-hybridized carbons (Fsp3) is 0.182. The van der Waals surface area contributed by atoms with Gasteiger partial charge in [-0.1, -0.05) is 30.3 Å². The van der Waals surface area contributed by atoms with Crippen molar-refractivity contribution in [2.75, 3.05) is 0 Å². The lowest BCUT2D eigenvalue weighted by atomic mass is 10.1. The molecule has 0 spiro atoms. The predicted molar refractivity (Wildman–Crippen MR) is 102 cm³/mol. The largest absolute Gasteiger partial charge is 0.486 e. The van der Waals surface area contributed by atoms with Crippen molar-refractivity contribution in [2.45, 2.75) is 18.9 Å². The van der Waals surface area contributed by atoms with Crippen LogP contribution in [0.25, 0.3) is 0 Å². The fourth-order valence-corrected chi connectivity index (χ4v) is 3.08. The first kappa shape index (κ1) is 18.7. The van der Waals surface area contributed by atoms with Crippen molar-refractivity contribution in [1.82, 2.24) is 10.9 Å². The summed E-state index contributed by atoms with van der Waals surface area (Å²) in [5, 5.41) is 0. The van der Waals surface area contributed by atoms with E-state index in [9.17, 15) is 14.0 Å². The van der Waals surface area contributed by atoms with Crippen LogP contribution in [-0.4, -0.2) is 11.8 Å². The highest BCUT2D eigenvalue weighted by molar-refractivity contribution is 5.93. The van der Waals surface area contributed by atoms with Crippen LogP contribution in [0.5, 0.6) is 5.75 Å². The summed E-state index contributed by atoms with van der Waals surface area (Å²) >= 11 is 0. The molecule has 148 valence electrons. The van der Waals surface area contributed by atoms with E-state index in [2.05, 4.69) is 10.9 Å². The topological polar surface area (TPSA) is 80.6 Å². The van der Waals surface area contributed by atoms with Crippen LogP contribution in [0.2, 0.25) is 0 Å². The van der Waals surface area contributed by atoms with Crippen LogP contribution in [0.15, 0.2) is 71.1 Å². The highest BCUT2D eigenvalue weighted by Gasteiger charge is 2.44. The number of hydrogen-bond donors (Lipinski definition) is 2. The molecule has 2 aromatic carbocycles. The number of hydrazine groups is 1.